The van der Waals surface area contributed by atoms with Crippen LogP contribution in [0, 0.1) is 0 Å². The van der Waals surface area contributed by atoms with Crippen molar-refractivity contribution in [1.82, 2.24) is 0 Å². The highest BCUT2D eigenvalue weighted by atomic mass is 16.7. The summed E-state index contributed by atoms with van der Waals surface area (Å²) in [5.41, 5.74) is 4.00. The summed E-state index contributed by atoms with van der Waals surface area (Å²) in [7, 11) is 0. The predicted octanol–water partition coefficient (Wildman–Crippen LogP) is 3.70. The fourth-order valence-corrected chi connectivity index (χ4v) is 3.51. The van der Waals surface area contributed by atoms with E-state index in [0.717, 1.165) is 31.0 Å². The largest absolute Gasteiger partial charge is 0.454 e. The highest BCUT2D eigenvalue weighted by Gasteiger charge is 2.19. The zero-order valence-corrected chi connectivity index (χ0v) is 14.8. The van der Waals surface area contributed by atoms with Gasteiger partial charge < -0.3 is 14.8 Å². The Morgan fingerprint density at radius 3 is 2.31 bits per heavy atom. The van der Waals surface area contributed by atoms with Crippen molar-refractivity contribution in [3.8, 4) is 11.5 Å². The Morgan fingerprint density at radius 1 is 0.769 bits per heavy atom. The molecule has 1 aliphatic rings. The maximum absolute atomic E-state index is 5.58. The molecule has 1 atom stereocenters. The molecule has 0 saturated carbocycles. The molecule has 132 valence electrons. The van der Waals surface area contributed by atoms with Crippen LogP contribution < -0.4 is 14.8 Å². The standard InChI is InChI=1S/C23H23NO2/c1-3-7-18(8-4-1)16-24-14-13-21(19-9-5-2-6-10-19)20-11-12-22-23(15-20)26-17-25-22/h1-12,15,21,24H,13-14,16-17H2/p+1/t21-/m1/s1. The summed E-state index contributed by atoms with van der Waals surface area (Å²) < 4.78 is 11.0. The van der Waals surface area contributed by atoms with Gasteiger partial charge in [0.25, 0.3) is 0 Å². The Balaban J connectivity index is 1.47. The molecule has 0 aliphatic carbocycles. The van der Waals surface area contributed by atoms with E-state index in [0.29, 0.717) is 12.7 Å². The minimum atomic E-state index is 0.319. The van der Waals surface area contributed by atoms with Gasteiger partial charge in [0.05, 0.1) is 6.54 Å². The van der Waals surface area contributed by atoms with Crippen LogP contribution in [0.3, 0.4) is 0 Å². The lowest BCUT2D eigenvalue weighted by molar-refractivity contribution is -0.671. The summed E-state index contributed by atoms with van der Waals surface area (Å²) in [5.74, 6) is 2.06. The van der Waals surface area contributed by atoms with Crippen LogP contribution in [0.25, 0.3) is 0 Å². The van der Waals surface area contributed by atoms with Gasteiger partial charge in [-0.1, -0.05) is 66.7 Å². The van der Waals surface area contributed by atoms with E-state index < -0.39 is 0 Å². The topological polar surface area (TPSA) is 35.1 Å². The Kier molecular flexibility index (Phi) is 5.17. The van der Waals surface area contributed by atoms with Gasteiger partial charge in [-0.2, -0.15) is 0 Å². The average molecular weight is 346 g/mol. The maximum atomic E-state index is 5.58. The molecule has 3 nitrogen and oxygen atoms in total. The van der Waals surface area contributed by atoms with E-state index in [2.05, 4.69) is 78.1 Å². The van der Waals surface area contributed by atoms with Crippen molar-refractivity contribution < 1.29 is 14.8 Å². The lowest BCUT2D eigenvalue weighted by Crippen LogP contribution is -2.82. The van der Waals surface area contributed by atoms with Crippen molar-refractivity contribution in [1.29, 1.82) is 0 Å². The molecule has 1 heterocycles. The molecule has 0 spiro atoms. The third kappa shape index (κ3) is 3.89. The summed E-state index contributed by atoms with van der Waals surface area (Å²) in [6.45, 7) is 2.41. The van der Waals surface area contributed by atoms with Crippen molar-refractivity contribution in [3.63, 3.8) is 0 Å². The summed E-state index contributed by atoms with van der Waals surface area (Å²) >= 11 is 0. The lowest BCUT2D eigenvalue weighted by Gasteiger charge is -2.18. The van der Waals surface area contributed by atoms with E-state index in [1.807, 2.05) is 6.07 Å². The van der Waals surface area contributed by atoms with E-state index >= 15 is 0 Å². The molecule has 0 radical (unpaired) electrons. The molecular weight excluding hydrogens is 322 g/mol. The quantitative estimate of drug-likeness (QED) is 0.662. The number of fused-ring (bicyclic) bond motifs is 1. The van der Waals surface area contributed by atoms with Gasteiger partial charge in [-0.3, -0.25) is 0 Å². The molecule has 1 aliphatic heterocycles. The minimum absolute atomic E-state index is 0.319. The normalized spacial score (nSPS) is 13.5. The Labute approximate surface area is 154 Å². The molecule has 2 N–H and O–H groups in total. The molecule has 0 amide bonds. The maximum Gasteiger partial charge on any atom is 0.231 e. The minimum Gasteiger partial charge on any atom is -0.454 e. The molecule has 3 heteroatoms. The predicted molar refractivity (Wildman–Crippen MR) is 102 cm³/mol. The molecule has 0 bridgehead atoms. The number of ether oxygens (including phenoxy) is 2. The molecule has 4 rings (SSSR count). The lowest BCUT2D eigenvalue weighted by atomic mass is 9.88. The Bertz CT molecular complexity index is 833. The summed E-state index contributed by atoms with van der Waals surface area (Å²) in [6.07, 6.45) is 1.08. The van der Waals surface area contributed by atoms with Crippen LogP contribution in [0.4, 0.5) is 0 Å². The van der Waals surface area contributed by atoms with Gasteiger partial charge in [0.2, 0.25) is 6.79 Å². The van der Waals surface area contributed by atoms with E-state index in [4.69, 9.17) is 9.47 Å². The fraction of sp³-hybridized carbons (Fsp3) is 0.217. The van der Waals surface area contributed by atoms with Crippen LogP contribution in [0.2, 0.25) is 0 Å². The number of rotatable bonds is 7. The first-order chi connectivity index (χ1) is 12.9. The van der Waals surface area contributed by atoms with Gasteiger partial charge in [-0.25, -0.2) is 0 Å². The smallest absolute Gasteiger partial charge is 0.231 e. The number of nitrogens with two attached hydrogens (primary N) is 1. The van der Waals surface area contributed by atoms with E-state index in [1.54, 1.807) is 0 Å². The number of quaternary nitrogens is 1. The molecule has 3 aromatic carbocycles. The molecule has 0 saturated heterocycles. The molecule has 0 fully saturated rings. The van der Waals surface area contributed by atoms with E-state index in [-0.39, 0.29) is 0 Å². The van der Waals surface area contributed by atoms with Crippen LogP contribution in [0.5, 0.6) is 11.5 Å². The first-order valence-electron chi connectivity index (χ1n) is 9.20. The molecular formula is C23H24NO2+. The van der Waals surface area contributed by atoms with E-state index in [1.165, 1.54) is 16.7 Å². The van der Waals surface area contributed by atoms with Gasteiger partial charge in [-0.15, -0.1) is 0 Å². The Morgan fingerprint density at radius 2 is 1.50 bits per heavy atom. The molecule has 0 aromatic heterocycles. The summed E-state index contributed by atoms with van der Waals surface area (Å²) in [4.78, 5) is 0. The zero-order chi connectivity index (χ0) is 17.6. The van der Waals surface area contributed by atoms with E-state index in [9.17, 15) is 0 Å². The van der Waals surface area contributed by atoms with Gasteiger partial charge in [-0.05, 0) is 23.3 Å². The molecule has 0 unspecified atom stereocenters. The van der Waals surface area contributed by atoms with Crippen LogP contribution in [-0.2, 0) is 6.54 Å². The van der Waals surface area contributed by atoms with Gasteiger partial charge in [0.1, 0.15) is 6.54 Å². The van der Waals surface area contributed by atoms with Crippen LogP contribution in [0.1, 0.15) is 29.0 Å². The molecule has 3 aromatic rings. The van der Waals surface area contributed by atoms with Crippen molar-refractivity contribution in [3.05, 3.63) is 95.6 Å². The van der Waals surface area contributed by atoms with Crippen LogP contribution in [-0.4, -0.2) is 13.3 Å². The third-order valence-corrected chi connectivity index (χ3v) is 4.88. The second kappa shape index (κ2) is 8.07. The number of hydrogen-bond acceptors (Lipinski definition) is 2. The summed E-state index contributed by atoms with van der Waals surface area (Å²) in [6, 6.07) is 27.7. The highest BCUT2D eigenvalue weighted by Crippen LogP contribution is 2.37. The first kappa shape index (κ1) is 16.7. The van der Waals surface area contributed by atoms with Crippen molar-refractivity contribution in [2.45, 2.75) is 18.9 Å². The first-order valence-corrected chi connectivity index (χ1v) is 9.20. The monoisotopic (exact) mass is 346 g/mol. The number of benzene rings is 3. The second-order valence-corrected chi connectivity index (χ2v) is 6.63. The van der Waals surface area contributed by atoms with Crippen molar-refractivity contribution >= 4 is 0 Å². The summed E-state index contributed by atoms with van der Waals surface area (Å²) in [5, 5.41) is 2.39. The van der Waals surface area contributed by atoms with Gasteiger partial charge in [0.15, 0.2) is 11.5 Å². The SMILES string of the molecule is c1ccc(C[NH2+]CC[C@H](c2ccccc2)c2ccc3c(c2)OCO3)cc1. The van der Waals surface area contributed by atoms with Gasteiger partial charge in [0, 0.05) is 17.9 Å². The zero-order valence-electron chi connectivity index (χ0n) is 14.8. The average Bonchev–Trinajstić information content (AvgIpc) is 3.17. The van der Waals surface area contributed by atoms with Crippen molar-refractivity contribution in [2.75, 3.05) is 13.3 Å². The second-order valence-electron chi connectivity index (χ2n) is 6.63. The van der Waals surface area contributed by atoms with Crippen molar-refractivity contribution in [2.24, 2.45) is 0 Å². The van der Waals surface area contributed by atoms with Crippen LogP contribution in [0.15, 0.2) is 78.9 Å². The van der Waals surface area contributed by atoms with Crippen LogP contribution >= 0.6 is 0 Å². The Hall–Kier alpha value is -2.78. The third-order valence-electron chi connectivity index (χ3n) is 4.88. The van der Waals surface area contributed by atoms with Gasteiger partial charge >= 0.3 is 0 Å². The highest BCUT2D eigenvalue weighted by molar-refractivity contribution is 5.47. The molecule has 26 heavy (non-hydrogen) atoms. The fourth-order valence-electron chi connectivity index (χ4n) is 3.51. The number of hydrogen-bond donors (Lipinski definition) is 1.